The third kappa shape index (κ3) is 2.48. The Hall–Kier alpha value is -2.04. The molecule has 0 atom stereocenters. The second-order valence-electron chi connectivity index (χ2n) is 4.38. The summed E-state index contributed by atoms with van der Waals surface area (Å²) in [6.07, 6.45) is 0. The lowest BCUT2D eigenvalue weighted by Crippen LogP contribution is -1.91. The van der Waals surface area contributed by atoms with Gasteiger partial charge < -0.3 is 10.3 Å². The van der Waals surface area contributed by atoms with Crippen molar-refractivity contribution in [1.29, 1.82) is 0 Å². The predicted molar refractivity (Wildman–Crippen MR) is 81.8 cm³/mol. The number of benzene rings is 2. The Kier molecular flexibility index (Phi) is 3.57. The molecule has 3 aromatic rings. The van der Waals surface area contributed by atoms with Gasteiger partial charge in [0.15, 0.2) is 0 Å². The van der Waals surface area contributed by atoms with Gasteiger partial charge in [-0.3, -0.25) is 0 Å². The molecule has 2 N–H and O–H groups in total. The smallest absolute Gasteiger partial charge is 0.230 e. The number of nitrogens with zero attached hydrogens (tertiary/aromatic N) is 1. The maximum absolute atomic E-state index is 14.1. The summed E-state index contributed by atoms with van der Waals surface area (Å²) in [5, 5.41) is 4.60. The first-order chi connectivity index (χ1) is 10.1. The van der Waals surface area contributed by atoms with E-state index in [1.165, 1.54) is 12.1 Å². The van der Waals surface area contributed by atoms with Gasteiger partial charge in [-0.2, -0.15) is 0 Å². The highest BCUT2D eigenvalue weighted by Crippen LogP contribution is 2.40. The van der Waals surface area contributed by atoms with Crippen LogP contribution in [0.3, 0.4) is 0 Å². The predicted octanol–water partition coefficient (Wildman–Crippen LogP) is 5.04. The van der Waals surface area contributed by atoms with E-state index in [1.807, 2.05) is 0 Å². The summed E-state index contributed by atoms with van der Waals surface area (Å²) >= 11 is 12.1. The molecule has 0 saturated carbocycles. The van der Waals surface area contributed by atoms with Crippen LogP contribution in [0.1, 0.15) is 0 Å². The van der Waals surface area contributed by atoms with Crippen molar-refractivity contribution in [1.82, 2.24) is 5.16 Å². The van der Waals surface area contributed by atoms with E-state index in [1.54, 1.807) is 30.3 Å². The van der Waals surface area contributed by atoms with Crippen LogP contribution < -0.4 is 5.73 Å². The van der Waals surface area contributed by atoms with Crippen LogP contribution in [0, 0.1) is 5.82 Å². The second-order valence-corrected chi connectivity index (χ2v) is 5.22. The van der Waals surface area contributed by atoms with Crippen LogP contribution >= 0.6 is 23.2 Å². The molecule has 6 heteroatoms. The molecule has 0 aliphatic rings. The molecule has 1 heterocycles. The third-order valence-corrected chi connectivity index (χ3v) is 3.58. The Balaban J connectivity index is 2.27. The first-order valence-corrected chi connectivity index (χ1v) is 6.79. The summed E-state index contributed by atoms with van der Waals surface area (Å²) in [6.45, 7) is 0. The normalized spacial score (nSPS) is 10.8. The van der Waals surface area contributed by atoms with Gasteiger partial charge in [0.1, 0.15) is 11.5 Å². The largest absolute Gasteiger partial charge is 0.367 e. The van der Waals surface area contributed by atoms with Crippen LogP contribution in [0.15, 0.2) is 47.0 Å². The molecule has 0 spiro atoms. The number of anilines is 1. The van der Waals surface area contributed by atoms with Crippen molar-refractivity contribution in [2.45, 2.75) is 0 Å². The molecule has 106 valence electrons. The van der Waals surface area contributed by atoms with Crippen molar-refractivity contribution in [3.63, 3.8) is 0 Å². The number of nitrogen functional groups attached to an aromatic ring is 1. The van der Waals surface area contributed by atoms with Crippen LogP contribution in [-0.2, 0) is 0 Å². The molecule has 0 amide bonds. The van der Waals surface area contributed by atoms with E-state index in [-0.39, 0.29) is 22.2 Å². The van der Waals surface area contributed by atoms with Crippen molar-refractivity contribution < 1.29 is 8.91 Å². The summed E-state index contributed by atoms with van der Waals surface area (Å²) in [5.41, 5.74) is 7.36. The Morgan fingerprint density at radius 1 is 1.05 bits per heavy atom. The van der Waals surface area contributed by atoms with Gasteiger partial charge in [0.05, 0.1) is 16.1 Å². The minimum atomic E-state index is -0.501. The lowest BCUT2D eigenvalue weighted by molar-refractivity contribution is 0.439. The molecule has 0 bridgehead atoms. The van der Waals surface area contributed by atoms with Crippen LogP contribution in [-0.4, -0.2) is 5.16 Å². The average Bonchev–Trinajstić information content (AvgIpc) is 2.80. The summed E-state index contributed by atoms with van der Waals surface area (Å²) in [4.78, 5) is 0. The van der Waals surface area contributed by atoms with Gasteiger partial charge in [-0.05, 0) is 29.8 Å². The standard InChI is InChI=1S/C15H9Cl2FN2O/c16-9-4-1-3-8(7-9)12-14(20-21-15(12)19)13-10(17)5-2-6-11(13)18/h1-7H,19H2. The zero-order valence-electron chi connectivity index (χ0n) is 10.6. The van der Waals surface area contributed by atoms with Gasteiger partial charge in [0.2, 0.25) is 5.88 Å². The minimum absolute atomic E-state index is 0.0755. The number of halogens is 3. The Labute approximate surface area is 130 Å². The Bertz CT molecular complexity index is 797. The van der Waals surface area contributed by atoms with Gasteiger partial charge in [-0.25, -0.2) is 4.39 Å². The Morgan fingerprint density at radius 3 is 2.52 bits per heavy atom. The number of nitrogens with two attached hydrogens (primary N) is 1. The average molecular weight is 323 g/mol. The molecule has 0 radical (unpaired) electrons. The highest BCUT2D eigenvalue weighted by molar-refractivity contribution is 6.33. The quantitative estimate of drug-likeness (QED) is 0.719. The van der Waals surface area contributed by atoms with E-state index in [0.29, 0.717) is 16.1 Å². The molecule has 3 nitrogen and oxygen atoms in total. The lowest BCUT2D eigenvalue weighted by Gasteiger charge is -2.06. The molecule has 2 aromatic carbocycles. The van der Waals surface area contributed by atoms with Crippen LogP contribution in [0.2, 0.25) is 10.0 Å². The molecule has 0 fully saturated rings. The van der Waals surface area contributed by atoms with E-state index in [9.17, 15) is 4.39 Å². The fourth-order valence-electron chi connectivity index (χ4n) is 2.12. The molecule has 3 rings (SSSR count). The number of hydrogen-bond acceptors (Lipinski definition) is 3. The van der Waals surface area contributed by atoms with Crippen LogP contribution in [0.5, 0.6) is 0 Å². The monoisotopic (exact) mass is 322 g/mol. The maximum Gasteiger partial charge on any atom is 0.230 e. The molecule has 1 aromatic heterocycles. The summed E-state index contributed by atoms with van der Waals surface area (Å²) in [7, 11) is 0. The fourth-order valence-corrected chi connectivity index (χ4v) is 2.56. The van der Waals surface area contributed by atoms with Crippen molar-refractivity contribution in [3.8, 4) is 22.4 Å². The van der Waals surface area contributed by atoms with E-state index in [2.05, 4.69) is 5.16 Å². The highest BCUT2D eigenvalue weighted by atomic mass is 35.5. The van der Waals surface area contributed by atoms with Crippen molar-refractivity contribution in [3.05, 3.63) is 58.3 Å². The van der Waals surface area contributed by atoms with E-state index in [0.717, 1.165) is 0 Å². The van der Waals surface area contributed by atoms with Crippen molar-refractivity contribution in [2.75, 3.05) is 5.73 Å². The second kappa shape index (κ2) is 5.39. The zero-order valence-corrected chi connectivity index (χ0v) is 12.1. The zero-order chi connectivity index (χ0) is 15.0. The molecular formula is C15H9Cl2FN2O. The summed E-state index contributed by atoms with van der Waals surface area (Å²) < 4.78 is 19.1. The van der Waals surface area contributed by atoms with Gasteiger partial charge in [0.25, 0.3) is 0 Å². The van der Waals surface area contributed by atoms with Gasteiger partial charge in [-0.15, -0.1) is 0 Å². The third-order valence-electron chi connectivity index (χ3n) is 3.03. The Morgan fingerprint density at radius 2 is 1.81 bits per heavy atom. The molecule has 0 aliphatic carbocycles. The SMILES string of the molecule is Nc1onc(-c2c(F)cccc2Cl)c1-c1cccc(Cl)c1. The summed E-state index contributed by atoms with van der Waals surface area (Å²) in [5.74, 6) is -0.425. The van der Waals surface area contributed by atoms with Crippen molar-refractivity contribution in [2.24, 2.45) is 0 Å². The van der Waals surface area contributed by atoms with Crippen LogP contribution in [0.4, 0.5) is 10.3 Å². The topological polar surface area (TPSA) is 52.0 Å². The number of aromatic nitrogens is 1. The molecular weight excluding hydrogens is 314 g/mol. The van der Waals surface area contributed by atoms with Gasteiger partial charge >= 0.3 is 0 Å². The molecule has 0 unspecified atom stereocenters. The van der Waals surface area contributed by atoms with E-state index >= 15 is 0 Å². The van der Waals surface area contributed by atoms with Crippen LogP contribution in [0.25, 0.3) is 22.4 Å². The summed E-state index contributed by atoms with van der Waals surface area (Å²) in [6, 6.07) is 11.4. The molecule has 0 aliphatic heterocycles. The van der Waals surface area contributed by atoms with Crippen molar-refractivity contribution >= 4 is 29.1 Å². The lowest BCUT2D eigenvalue weighted by atomic mass is 10.0. The van der Waals surface area contributed by atoms with E-state index in [4.69, 9.17) is 33.5 Å². The molecule has 0 saturated heterocycles. The first kappa shape index (κ1) is 13.9. The van der Waals surface area contributed by atoms with Gasteiger partial charge in [0, 0.05) is 5.02 Å². The van der Waals surface area contributed by atoms with E-state index < -0.39 is 5.82 Å². The number of rotatable bonds is 2. The first-order valence-electron chi connectivity index (χ1n) is 6.03. The molecule has 21 heavy (non-hydrogen) atoms. The highest BCUT2D eigenvalue weighted by Gasteiger charge is 2.22. The fraction of sp³-hybridized carbons (Fsp3) is 0. The maximum atomic E-state index is 14.1. The number of hydrogen-bond donors (Lipinski definition) is 1. The minimum Gasteiger partial charge on any atom is -0.367 e. The van der Waals surface area contributed by atoms with Gasteiger partial charge in [-0.1, -0.05) is 46.6 Å².